The number of halogens is 2. The molecule has 4 heterocycles. The lowest BCUT2D eigenvalue weighted by Crippen LogP contribution is -2.44. The summed E-state index contributed by atoms with van der Waals surface area (Å²) in [6.45, 7) is 5.59. The minimum absolute atomic E-state index is 0.102. The third-order valence-electron chi connectivity index (χ3n) is 7.59. The van der Waals surface area contributed by atoms with Gasteiger partial charge in [0.05, 0.1) is 40.1 Å². The van der Waals surface area contributed by atoms with E-state index < -0.39 is 5.95 Å². The van der Waals surface area contributed by atoms with Crippen LogP contribution in [0.25, 0.3) is 10.9 Å². The molecule has 9 nitrogen and oxygen atoms in total. The van der Waals surface area contributed by atoms with Crippen LogP contribution >= 0.6 is 11.6 Å². The quantitative estimate of drug-likeness (QED) is 0.303. The normalized spacial score (nSPS) is 21.2. The SMILES string of the molecule is CC1(C)COCCC1Nc1c(C#N)cnc2c(Cl)cc(N[C@@H](C3=CN(C4CC4)NN3)c3ccc(F)nc3)cc12. The third-order valence-corrected chi connectivity index (χ3v) is 7.87. The molecule has 1 aliphatic carbocycles. The molecule has 1 saturated heterocycles. The summed E-state index contributed by atoms with van der Waals surface area (Å²) in [5, 5.41) is 20.4. The van der Waals surface area contributed by atoms with E-state index >= 15 is 0 Å². The number of nitrogens with zero attached hydrogens (tertiary/aromatic N) is 4. The second-order valence-corrected chi connectivity index (χ2v) is 11.4. The van der Waals surface area contributed by atoms with E-state index in [2.05, 4.69) is 56.5 Å². The van der Waals surface area contributed by atoms with Crippen LogP contribution in [0.3, 0.4) is 0 Å². The molecule has 1 aromatic carbocycles. The van der Waals surface area contributed by atoms with E-state index in [1.54, 1.807) is 12.3 Å². The lowest BCUT2D eigenvalue weighted by Gasteiger charge is -2.39. The van der Waals surface area contributed by atoms with Crippen LogP contribution < -0.4 is 21.6 Å². The number of benzene rings is 1. The lowest BCUT2D eigenvalue weighted by atomic mass is 9.81. The first-order valence-electron chi connectivity index (χ1n) is 13.1. The van der Waals surface area contributed by atoms with Crippen molar-refractivity contribution in [3.63, 3.8) is 0 Å². The Labute approximate surface area is 231 Å². The topological polar surface area (TPSA) is 110 Å². The van der Waals surface area contributed by atoms with Crippen molar-refractivity contribution >= 4 is 33.9 Å². The average Bonchev–Trinajstić information content (AvgIpc) is 3.66. The van der Waals surface area contributed by atoms with Gasteiger partial charge < -0.3 is 20.8 Å². The third kappa shape index (κ3) is 5.17. The van der Waals surface area contributed by atoms with Gasteiger partial charge in [-0.05, 0) is 43.0 Å². The number of nitriles is 1. The zero-order valence-electron chi connectivity index (χ0n) is 21.8. The van der Waals surface area contributed by atoms with Gasteiger partial charge in [-0.1, -0.05) is 31.5 Å². The molecule has 6 rings (SSSR count). The predicted octanol–water partition coefficient (Wildman–Crippen LogP) is 5.00. The van der Waals surface area contributed by atoms with E-state index in [1.807, 2.05) is 18.3 Å². The van der Waals surface area contributed by atoms with Crippen LogP contribution in [0.15, 0.2) is 48.6 Å². The predicted molar refractivity (Wildman–Crippen MR) is 148 cm³/mol. The van der Waals surface area contributed by atoms with Crippen molar-refractivity contribution in [2.75, 3.05) is 23.8 Å². The molecule has 3 aliphatic rings. The summed E-state index contributed by atoms with van der Waals surface area (Å²) in [6, 6.07) is 9.29. The molecular weight excluding hydrogens is 519 g/mol. The zero-order chi connectivity index (χ0) is 27.1. The van der Waals surface area contributed by atoms with Crippen LogP contribution in [0.5, 0.6) is 0 Å². The number of aromatic nitrogens is 2. The molecule has 2 atom stereocenters. The van der Waals surface area contributed by atoms with Crippen molar-refractivity contribution in [3.05, 3.63) is 70.7 Å². The summed E-state index contributed by atoms with van der Waals surface area (Å²) in [4.78, 5) is 8.38. The standard InChI is InChI=1S/C28H30ClFN8O/c1-28(2)15-39-8-7-23(28)35-25-17(11-31)13-33-27-20(25)9-18(10-21(27)29)34-26(16-3-6-24(30)32-12-16)22-14-38(37-36-22)19-4-5-19/h3,6,9-10,12-14,19,23,26,34,36-37H,4-5,7-8,15H2,1-2H3,(H,33,35)/t23?,26-/m1/s1. The molecule has 4 N–H and O–H groups in total. The lowest BCUT2D eigenvalue weighted by molar-refractivity contribution is 0.00350. The van der Waals surface area contributed by atoms with Crippen LogP contribution in [-0.2, 0) is 4.74 Å². The Morgan fingerprint density at radius 3 is 2.79 bits per heavy atom. The van der Waals surface area contributed by atoms with E-state index in [0.29, 0.717) is 41.0 Å². The van der Waals surface area contributed by atoms with Gasteiger partial charge in [0.25, 0.3) is 0 Å². The Morgan fingerprint density at radius 1 is 1.23 bits per heavy atom. The molecule has 2 fully saturated rings. The van der Waals surface area contributed by atoms with Gasteiger partial charge in [-0.25, -0.2) is 4.98 Å². The molecular formula is C28H30ClFN8O. The van der Waals surface area contributed by atoms with E-state index in [1.165, 1.54) is 12.3 Å². The van der Waals surface area contributed by atoms with Crippen molar-refractivity contribution in [2.45, 2.75) is 51.2 Å². The minimum atomic E-state index is -0.542. The van der Waals surface area contributed by atoms with Crippen molar-refractivity contribution in [3.8, 4) is 6.07 Å². The molecule has 1 saturated carbocycles. The number of anilines is 2. The Kier molecular flexibility index (Phi) is 6.67. The minimum Gasteiger partial charge on any atom is -0.381 e. The summed E-state index contributed by atoms with van der Waals surface area (Å²) >= 11 is 6.77. The van der Waals surface area contributed by atoms with Gasteiger partial charge in [0.1, 0.15) is 6.07 Å². The fourth-order valence-corrected chi connectivity index (χ4v) is 5.43. The van der Waals surface area contributed by atoms with Gasteiger partial charge in [-0.2, -0.15) is 9.65 Å². The molecule has 1 unspecified atom stereocenters. The Morgan fingerprint density at radius 2 is 2.08 bits per heavy atom. The van der Waals surface area contributed by atoms with Gasteiger partial charge in [0, 0.05) is 53.8 Å². The molecule has 0 spiro atoms. The number of nitrogens with one attached hydrogen (secondary N) is 4. The van der Waals surface area contributed by atoms with Gasteiger partial charge in [-0.3, -0.25) is 9.99 Å². The number of ether oxygens (including phenoxy) is 1. The van der Waals surface area contributed by atoms with Crippen molar-refractivity contribution < 1.29 is 9.13 Å². The number of pyridine rings is 2. The highest BCUT2D eigenvalue weighted by Gasteiger charge is 2.35. The highest BCUT2D eigenvalue weighted by molar-refractivity contribution is 6.35. The maximum absolute atomic E-state index is 13.7. The van der Waals surface area contributed by atoms with E-state index in [4.69, 9.17) is 16.3 Å². The molecule has 11 heteroatoms. The van der Waals surface area contributed by atoms with Crippen LogP contribution in [-0.4, -0.2) is 40.3 Å². The molecule has 0 bridgehead atoms. The van der Waals surface area contributed by atoms with Crippen LogP contribution in [0, 0.1) is 22.7 Å². The molecule has 202 valence electrons. The van der Waals surface area contributed by atoms with Crippen LogP contribution in [0.4, 0.5) is 15.8 Å². The molecule has 2 aliphatic heterocycles. The largest absolute Gasteiger partial charge is 0.381 e. The number of hydrogen-bond donors (Lipinski definition) is 4. The first-order valence-corrected chi connectivity index (χ1v) is 13.5. The maximum atomic E-state index is 13.7. The fraction of sp³-hybridized carbons (Fsp3) is 0.393. The number of rotatable bonds is 7. The molecule has 0 radical (unpaired) electrons. The van der Waals surface area contributed by atoms with Crippen LogP contribution in [0.2, 0.25) is 5.02 Å². The summed E-state index contributed by atoms with van der Waals surface area (Å²) in [5.74, 6) is -0.542. The number of hydrogen-bond acceptors (Lipinski definition) is 9. The van der Waals surface area contributed by atoms with Crippen LogP contribution in [0.1, 0.15) is 50.3 Å². The summed E-state index contributed by atoms with van der Waals surface area (Å²) < 4.78 is 19.4. The zero-order valence-corrected chi connectivity index (χ0v) is 22.5. The second-order valence-electron chi connectivity index (χ2n) is 11.0. The van der Waals surface area contributed by atoms with Crippen molar-refractivity contribution in [1.29, 1.82) is 5.26 Å². The molecule has 39 heavy (non-hydrogen) atoms. The number of fused-ring (bicyclic) bond motifs is 1. The van der Waals surface area contributed by atoms with Gasteiger partial charge in [0.2, 0.25) is 5.95 Å². The monoisotopic (exact) mass is 548 g/mol. The van der Waals surface area contributed by atoms with E-state index in [-0.39, 0.29) is 17.5 Å². The Balaban J connectivity index is 1.40. The molecule has 2 aromatic heterocycles. The first kappa shape index (κ1) is 25.6. The fourth-order valence-electron chi connectivity index (χ4n) is 5.16. The summed E-state index contributed by atoms with van der Waals surface area (Å²) in [7, 11) is 0. The number of hydrazine groups is 2. The van der Waals surface area contributed by atoms with Gasteiger partial charge in [0.15, 0.2) is 0 Å². The highest BCUT2D eigenvalue weighted by atomic mass is 35.5. The molecule has 3 aromatic rings. The Bertz CT molecular complexity index is 1470. The van der Waals surface area contributed by atoms with Gasteiger partial charge in [-0.15, -0.1) is 5.53 Å². The second kappa shape index (κ2) is 10.2. The summed E-state index contributed by atoms with van der Waals surface area (Å²) in [5.41, 5.74) is 10.4. The van der Waals surface area contributed by atoms with Crippen molar-refractivity contribution in [1.82, 2.24) is 25.9 Å². The summed E-state index contributed by atoms with van der Waals surface area (Å²) in [6.07, 6.45) is 8.18. The molecule has 0 amide bonds. The average molecular weight is 549 g/mol. The van der Waals surface area contributed by atoms with E-state index in [9.17, 15) is 9.65 Å². The Hall–Kier alpha value is -3.65. The van der Waals surface area contributed by atoms with E-state index in [0.717, 1.165) is 41.6 Å². The maximum Gasteiger partial charge on any atom is 0.212 e. The van der Waals surface area contributed by atoms with Gasteiger partial charge >= 0.3 is 0 Å². The van der Waals surface area contributed by atoms with Crippen molar-refractivity contribution in [2.24, 2.45) is 5.41 Å². The smallest absolute Gasteiger partial charge is 0.212 e. The highest BCUT2D eigenvalue weighted by Crippen LogP contribution is 2.38. The first-order chi connectivity index (χ1) is 18.8.